The Balaban J connectivity index is 1.71. The molecule has 1 aliphatic heterocycles. The molecule has 1 heterocycles. The molecule has 0 radical (unpaired) electrons. The van der Waals surface area contributed by atoms with Crippen molar-refractivity contribution in [3.63, 3.8) is 0 Å². The van der Waals surface area contributed by atoms with Crippen LogP contribution in [0.1, 0.15) is 26.3 Å². The number of likely N-dealkylation sites (N-methyl/N-ethyl adjacent to an activating group) is 1. The zero-order valence-corrected chi connectivity index (χ0v) is 17.6. The molecule has 0 saturated carbocycles. The topological polar surface area (TPSA) is 77.1 Å². The maximum atomic E-state index is 12.4. The Bertz CT molecular complexity index is 970. The highest BCUT2D eigenvalue weighted by Gasteiger charge is 2.30. The Morgan fingerprint density at radius 3 is 2.70 bits per heavy atom. The van der Waals surface area contributed by atoms with E-state index in [1.54, 1.807) is 49.3 Å². The summed E-state index contributed by atoms with van der Waals surface area (Å²) in [7, 11) is 1.57. The summed E-state index contributed by atoms with van der Waals surface area (Å²) in [6.45, 7) is 6.63. The number of amides is 2. The number of benzene rings is 2. The molecule has 0 saturated heterocycles. The maximum absolute atomic E-state index is 12.4. The van der Waals surface area contributed by atoms with Gasteiger partial charge in [-0.05, 0) is 56.7 Å². The highest BCUT2D eigenvalue weighted by molar-refractivity contribution is 6.03. The molecule has 1 aliphatic rings. The highest BCUT2D eigenvalue weighted by atomic mass is 16.5. The minimum atomic E-state index is -0.557. The minimum Gasteiger partial charge on any atom is -0.493 e. The van der Waals surface area contributed by atoms with Crippen LogP contribution in [0.15, 0.2) is 42.5 Å². The van der Waals surface area contributed by atoms with Gasteiger partial charge in [0.1, 0.15) is 5.75 Å². The van der Waals surface area contributed by atoms with Gasteiger partial charge in [0.2, 0.25) is 5.91 Å². The van der Waals surface area contributed by atoms with Crippen molar-refractivity contribution in [3.8, 4) is 17.2 Å². The number of carbonyl (C=O) groups is 2. The summed E-state index contributed by atoms with van der Waals surface area (Å²) in [5.41, 5.74) is 2.10. The minimum absolute atomic E-state index is 0.0736. The van der Waals surface area contributed by atoms with Gasteiger partial charge in [0.15, 0.2) is 17.6 Å². The van der Waals surface area contributed by atoms with Crippen molar-refractivity contribution in [1.29, 1.82) is 0 Å². The fourth-order valence-corrected chi connectivity index (χ4v) is 3.23. The van der Waals surface area contributed by atoms with Crippen molar-refractivity contribution >= 4 is 29.3 Å². The molecule has 1 unspecified atom stereocenters. The van der Waals surface area contributed by atoms with Crippen LogP contribution in [0.3, 0.4) is 0 Å². The van der Waals surface area contributed by atoms with Crippen molar-refractivity contribution in [3.05, 3.63) is 48.0 Å². The van der Waals surface area contributed by atoms with E-state index in [-0.39, 0.29) is 11.8 Å². The number of nitrogens with zero attached hydrogens (tertiary/aromatic N) is 1. The Morgan fingerprint density at radius 1 is 1.20 bits per heavy atom. The monoisotopic (exact) mass is 410 g/mol. The predicted molar refractivity (Wildman–Crippen MR) is 116 cm³/mol. The first-order valence-corrected chi connectivity index (χ1v) is 9.88. The molecule has 1 atom stereocenters. The van der Waals surface area contributed by atoms with E-state index in [2.05, 4.69) is 5.32 Å². The lowest BCUT2D eigenvalue weighted by atomic mass is 10.1. The predicted octanol–water partition coefficient (Wildman–Crippen LogP) is 3.88. The largest absolute Gasteiger partial charge is 0.493 e. The van der Waals surface area contributed by atoms with Gasteiger partial charge in [-0.3, -0.25) is 9.59 Å². The Labute approximate surface area is 176 Å². The Kier molecular flexibility index (Phi) is 6.61. The molecule has 3 rings (SSSR count). The van der Waals surface area contributed by atoms with Crippen molar-refractivity contribution in [2.24, 2.45) is 0 Å². The number of ether oxygens (including phenoxy) is 3. The molecule has 1 N–H and O–H groups in total. The molecule has 30 heavy (non-hydrogen) atoms. The maximum Gasteiger partial charge on any atom is 0.267 e. The van der Waals surface area contributed by atoms with E-state index < -0.39 is 6.10 Å². The third-order valence-electron chi connectivity index (χ3n) is 4.67. The first-order chi connectivity index (χ1) is 14.5. The summed E-state index contributed by atoms with van der Waals surface area (Å²) in [5, 5.41) is 2.82. The lowest BCUT2D eigenvalue weighted by Crippen LogP contribution is -2.44. The van der Waals surface area contributed by atoms with Crippen molar-refractivity contribution in [1.82, 2.24) is 0 Å². The number of anilines is 2. The van der Waals surface area contributed by atoms with Gasteiger partial charge in [0.25, 0.3) is 5.91 Å². The average molecular weight is 410 g/mol. The van der Waals surface area contributed by atoms with E-state index in [4.69, 9.17) is 14.2 Å². The van der Waals surface area contributed by atoms with Gasteiger partial charge in [-0.2, -0.15) is 0 Å². The van der Waals surface area contributed by atoms with Crippen LogP contribution in [0.4, 0.5) is 11.4 Å². The number of rotatable bonds is 7. The third-order valence-corrected chi connectivity index (χ3v) is 4.67. The molecule has 0 bridgehead atoms. The Morgan fingerprint density at radius 2 is 2.00 bits per heavy atom. The van der Waals surface area contributed by atoms with Crippen LogP contribution in [0, 0.1) is 0 Å². The molecule has 158 valence electrons. The molecular formula is C23H26N2O5. The zero-order chi connectivity index (χ0) is 21.7. The number of hydrogen-bond acceptors (Lipinski definition) is 5. The van der Waals surface area contributed by atoms with Gasteiger partial charge in [-0.1, -0.05) is 6.07 Å². The first-order valence-electron chi connectivity index (χ1n) is 9.88. The lowest BCUT2D eigenvalue weighted by Gasteiger charge is -2.32. The molecular weight excluding hydrogens is 384 g/mol. The molecule has 7 nitrogen and oxygen atoms in total. The van der Waals surface area contributed by atoms with Gasteiger partial charge >= 0.3 is 0 Å². The van der Waals surface area contributed by atoms with E-state index in [1.807, 2.05) is 26.0 Å². The molecule has 2 aromatic rings. The van der Waals surface area contributed by atoms with E-state index >= 15 is 0 Å². The van der Waals surface area contributed by atoms with Crippen LogP contribution in [0.2, 0.25) is 0 Å². The van der Waals surface area contributed by atoms with E-state index in [1.165, 1.54) is 6.08 Å². The summed E-state index contributed by atoms with van der Waals surface area (Å²) in [5.74, 6) is 1.48. The van der Waals surface area contributed by atoms with Crippen LogP contribution in [-0.2, 0) is 9.59 Å². The van der Waals surface area contributed by atoms with Crippen molar-refractivity contribution in [2.75, 3.05) is 30.5 Å². The molecule has 0 aromatic heterocycles. The van der Waals surface area contributed by atoms with Crippen LogP contribution >= 0.6 is 0 Å². The van der Waals surface area contributed by atoms with Gasteiger partial charge in [0, 0.05) is 24.4 Å². The van der Waals surface area contributed by atoms with Crippen molar-refractivity contribution < 1.29 is 23.8 Å². The Hall–Kier alpha value is -3.48. The summed E-state index contributed by atoms with van der Waals surface area (Å²) >= 11 is 0. The fourth-order valence-electron chi connectivity index (χ4n) is 3.23. The molecule has 0 fully saturated rings. The van der Waals surface area contributed by atoms with Crippen LogP contribution < -0.4 is 24.4 Å². The molecule has 7 heteroatoms. The third kappa shape index (κ3) is 4.56. The van der Waals surface area contributed by atoms with Gasteiger partial charge in [0.05, 0.1) is 19.4 Å². The van der Waals surface area contributed by atoms with Gasteiger partial charge < -0.3 is 24.4 Å². The van der Waals surface area contributed by atoms with E-state index in [0.717, 1.165) is 5.56 Å². The van der Waals surface area contributed by atoms with Crippen LogP contribution in [0.25, 0.3) is 6.08 Å². The second-order valence-electron chi connectivity index (χ2n) is 6.69. The van der Waals surface area contributed by atoms with E-state index in [0.29, 0.717) is 41.8 Å². The summed E-state index contributed by atoms with van der Waals surface area (Å²) in [6.07, 6.45) is 2.58. The normalized spacial score (nSPS) is 15.5. The van der Waals surface area contributed by atoms with Gasteiger partial charge in [-0.25, -0.2) is 0 Å². The smallest absolute Gasteiger partial charge is 0.267 e. The second kappa shape index (κ2) is 9.35. The summed E-state index contributed by atoms with van der Waals surface area (Å²) in [6, 6.07) is 10.7. The SMILES string of the molecule is CCOc1ccc(/C=C/C(=O)Nc2ccc3c(c2)OC(C)C(=O)N3CC)cc1OC. The molecule has 0 aliphatic carbocycles. The summed E-state index contributed by atoms with van der Waals surface area (Å²) < 4.78 is 16.5. The van der Waals surface area contributed by atoms with Crippen molar-refractivity contribution in [2.45, 2.75) is 26.9 Å². The molecule has 0 spiro atoms. The van der Waals surface area contributed by atoms with Gasteiger partial charge in [-0.15, -0.1) is 0 Å². The highest BCUT2D eigenvalue weighted by Crippen LogP contribution is 2.36. The number of nitrogens with one attached hydrogen (secondary N) is 1. The van der Waals surface area contributed by atoms with Crippen LogP contribution in [0.5, 0.6) is 17.2 Å². The second-order valence-corrected chi connectivity index (χ2v) is 6.69. The number of carbonyl (C=O) groups excluding carboxylic acids is 2. The standard InChI is InChI=1S/C23H26N2O5/c1-5-25-18-10-9-17(14-20(18)30-15(3)23(25)27)24-22(26)12-8-16-7-11-19(29-6-2)21(13-16)28-4/h7-15H,5-6H2,1-4H3,(H,24,26)/b12-8+. The molecule has 2 amide bonds. The fraction of sp³-hybridized carbons (Fsp3) is 0.304. The van der Waals surface area contributed by atoms with E-state index in [9.17, 15) is 9.59 Å². The number of hydrogen-bond donors (Lipinski definition) is 1. The summed E-state index contributed by atoms with van der Waals surface area (Å²) in [4.78, 5) is 26.2. The number of methoxy groups -OCH3 is 1. The first kappa shape index (κ1) is 21.2. The quantitative estimate of drug-likeness (QED) is 0.701. The zero-order valence-electron chi connectivity index (χ0n) is 17.6. The van der Waals surface area contributed by atoms with Crippen LogP contribution in [-0.4, -0.2) is 38.2 Å². The molecule has 2 aromatic carbocycles. The lowest BCUT2D eigenvalue weighted by molar-refractivity contribution is -0.125. The number of fused-ring (bicyclic) bond motifs is 1. The average Bonchev–Trinajstić information content (AvgIpc) is 2.74.